The maximum atomic E-state index is 12.5. The molecule has 2 aromatic rings. The van der Waals surface area contributed by atoms with Crippen molar-refractivity contribution in [2.75, 3.05) is 19.7 Å². The van der Waals surface area contributed by atoms with Crippen molar-refractivity contribution in [2.24, 2.45) is 5.92 Å². The third-order valence-corrected chi connectivity index (χ3v) is 5.89. The zero-order chi connectivity index (χ0) is 21.2. The fourth-order valence-electron chi connectivity index (χ4n) is 4.37. The van der Waals surface area contributed by atoms with Crippen molar-refractivity contribution in [1.82, 2.24) is 25.3 Å². The van der Waals surface area contributed by atoms with E-state index in [9.17, 15) is 4.79 Å². The Hall–Kier alpha value is -2.48. The van der Waals surface area contributed by atoms with Gasteiger partial charge in [-0.05, 0) is 64.5 Å². The number of nitrogens with zero attached hydrogens (tertiary/aromatic N) is 4. The smallest absolute Gasteiger partial charge is 0.317 e. The van der Waals surface area contributed by atoms with Gasteiger partial charge in [-0.3, -0.25) is 4.98 Å². The third kappa shape index (κ3) is 4.98. The van der Waals surface area contributed by atoms with Gasteiger partial charge in [0.05, 0.1) is 5.60 Å². The van der Waals surface area contributed by atoms with Crippen molar-refractivity contribution in [3.8, 4) is 11.4 Å². The largest absolute Gasteiger partial charge is 0.375 e. The van der Waals surface area contributed by atoms with Crippen molar-refractivity contribution < 1.29 is 14.1 Å². The fourth-order valence-corrected chi connectivity index (χ4v) is 4.37. The van der Waals surface area contributed by atoms with E-state index in [-0.39, 0.29) is 17.2 Å². The molecule has 0 aromatic carbocycles. The van der Waals surface area contributed by atoms with Crippen LogP contribution in [0.2, 0.25) is 0 Å². The molecule has 2 saturated heterocycles. The van der Waals surface area contributed by atoms with Gasteiger partial charge in [0.1, 0.15) is 0 Å². The van der Waals surface area contributed by atoms with Crippen LogP contribution in [0.3, 0.4) is 0 Å². The highest BCUT2D eigenvalue weighted by Crippen LogP contribution is 2.38. The van der Waals surface area contributed by atoms with Crippen LogP contribution in [0.4, 0.5) is 4.79 Å². The molecule has 0 saturated carbocycles. The summed E-state index contributed by atoms with van der Waals surface area (Å²) in [5.74, 6) is 1.69. The molecule has 162 valence electrons. The molecule has 1 spiro atoms. The lowest BCUT2D eigenvalue weighted by molar-refractivity contribution is -0.123. The van der Waals surface area contributed by atoms with E-state index in [2.05, 4.69) is 20.4 Å². The van der Waals surface area contributed by atoms with E-state index in [0.29, 0.717) is 17.6 Å². The van der Waals surface area contributed by atoms with Gasteiger partial charge < -0.3 is 19.5 Å². The molecule has 1 unspecified atom stereocenters. The van der Waals surface area contributed by atoms with Gasteiger partial charge >= 0.3 is 6.03 Å². The first kappa shape index (κ1) is 20.8. The Bertz CT molecular complexity index is 853. The molecule has 8 heteroatoms. The summed E-state index contributed by atoms with van der Waals surface area (Å²) >= 11 is 0. The number of likely N-dealkylation sites (tertiary alicyclic amines) is 1. The van der Waals surface area contributed by atoms with Gasteiger partial charge in [-0.1, -0.05) is 5.16 Å². The number of rotatable bonds is 3. The topological polar surface area (TPSA) is 93.4 Å². The van der Waals surface area contributed by atoms with Crippen LogP contribution >= 0.6 is 0 Å². The van der Waals surface area contributed by atoms with E-state index in [1.165, 1.54) is 0 Å². The quantitative estimate of drug-likeness (QED) is 0.828. The summed E-state index contributed by atoms with van der Waals surface area (Å²) in [5, 5.41) is 7.16. The molecule has 2 amide bonds. The minimum atomic E-state index is -0.225. The minimum Gasteiger partial charge on any atom is -0.375 e. The van der Waals surface area contributed by atoms with E-state index in [1.807, 2.05) is 37.8 Å². The molecular weight excluding hydrogens is 382 g/mol. The van der Waals surface area contributed by atoms with Gasteiger partial charge in [-0.15, -0.1) is 0 Å². The first-order chi connectivity index (χ1) is 14.3. The first-order valence-electron chi connectivity index (χ1n) is 10.8. The molecule has 4 rings (SSSR count). The van der Waals surface area contributed by atoms with Crippen LogP contribution in [0.1, 0.15) is 52.3 Å². The van der Waals surface area contributed by atoms with Crippen LogP contribution in [0.25, 0.3) is 11.4 Å². The van der Waals surface area contributed by atoms with Crippen molar-refractivity contribution in [2.45, 2.75) is 64.0 Å². The Labute approximate surface area is 177 Å². The van der Waals surface area contributed by atoms with E-state index in [4.69, 9.17) is 9.26 Å². The second-order valence-corrected chi connectivity index (χ2v) is 9.52. The van der Waals surface area contributed by atoms with Crippen molar-refractivity contribution in [1.29, 1.82) is 0 Å². The number of carbonyl (C=O) groups is 1. The van der Waals surface area contributed by atoms with Crippen LogP contribution in [0.5, 0.6) is 0 Å². The van der Waals surface area contributed by atoms with Gasteiger partial charge in [0.25, 0.3) is 0 Å². The first-order valence-corrected chi connectivity index (χ1v) is 10.8. The van der Waals surface area contributed by atoms with Crippen molar-refractivity contribution in [3.05, 3.63) is 30.4 Å². The zero-order valence-electron chi connectivity index (χ0n) is 18.1. The second-order valence-electron chi connectivity index (χ2n) is 9.52. The molecule has 2 aliphatic heterocycles. The molecular formula is C22H31N5O3. The molecule has 0 radical (unpaired) electrons. The maximum absolute atomic E-state index is 12.5. The highest BCUT2D eigenvalue weighted by Gasteiger charge is 2.41. The predicted molar refractivity (Wildman–Crippen MR) is 112 cm³/mol. The average Bonchev–Trinajstić information content (AvgIpc) is 3.16. The number of pyridine rings is 1. The molecule has 1 N–H and O–H groups in total. The standard InChI is InChI=1S/C22H31N5O3/c1-21(2,3)25-20(28)27-10-7-22(8-11-27)14-16(6-12-29-22)13-18-24-19(26-30-18)17-5-4-9-23-15-17/h4-5,9,15-16H,6-8,10-14H2,1-3H3,(H,25,28). The molecule has 8 nitrogen and oxygen atoms in total. The van der Waals surface area contributed by atoms with Crippen LogP contribution in [0, 0.1) is 5.92 Å². The van der Waals surface area contributed by atoms with Gasteiger partial charge in [0, 0.05) is 49.6 Å². The van der Waals surface area contributed by atoms with Crippen molar-refractivity contribution >= 4 is 6.03 Å². The summed E-state index contributed by atoms with van der Waals surface area (Å²) < 4.78 is 11.7. The Morgan fingerprint density at radius 1 is 1.33 bits per heavy atom. The molecule has 30 heavy (non-hydrogen) atoms. The molecule has 2 aromatic heterocycles. The second kappa shape index (κ2) is 8.34. The monoisotopic (exact) mass is 413 g/mol. The molecule has 1 atom stereocenters. The van der Waals surface area contributed by atoms with E-state index in [1.54, 1.807) is 12.4 Å². The molecule has 2 aliphatic rings. The SMILES string of the molecule is CC(C)(C)NC(=O)N1CCC2(CC1)CC(Cc1nc(-c3cccnc3)no1)CCO2. The number of nitrogens with one attached hydrogen (secondary N) is 1. The summed E-state index contributed by atoms with van der Waals surface area (Å²) in [7, 11) is 0. The highest BCUT2D eigenvalue weighted by atomic mass is 16.5. The Balaban J connectivity index is 1.33. The van der Waals surface area contributed by atoms with Gasteiger partial charge in [-0.25, -0.2) is 4.79 Å². The minimum absolute atomic E-state index is 0.0125. The van der Waals surface area contributed by atoms with Crippen LogP contribution < -0.4 is 5.32 Å². The van der Waals surface area contributed by atoms with Crippen LogP contribution in [-0.4, -0.2) is 56.9 Å². The summed E-state index contributed by atoms with van der Waals surface area (Å²) in [6, 6.07) is 3.80. The number of ether oxygens (including phenoxy) is 1. The fraction of sp³-hybridized carbons (Fsp3) is 0.636. The summed E-state index contributed by atoms with van der Waals surface area (Å²) in [6.45, 7) is 8.19. The Morgan fingerprint density at radius 3 is 2.83 bits per heavy atom. The predicted octanol–water partition coefficient (Wildman–Crippen LogP) is 3.44. The zero-order valence-corrected chi connectivity index (χ0v) is 18.1. The van der Waals surface area contributed by atoms with Crippen molar-refractivity contribution in [3.63, 3.8) is 0 Å². The molecule has 0 bridgehead atoms. The number of carbonyl (C=O) groups excluding carboxylic acids is 1. The number of hydrogen-bond acceptors (Lipinski definition) is 6. The van der Waals surface area contributed by atoms with Gasteiger partial charge in [0.15, 0.2) is 0 Å². The Morgan fingerprint density at radius 2 is 2.13 bits per heavy atom. The normalized spacial score (nSPS) is 21.6. The van der Waals surface area contributed by atoms with Gasteiger partial charge in [-0.2, -0.15) is 4.98 Å². The number of urea groups is 1. The summed E-state index contributed by atoms with van der Waals surface area (Å²) in [4.78, 5) is 23.0. The number of amides is 2. The molecule has 2 fully saturated rings. The molecule has 4 heterocycles. The van der Waals surface area contributed by atoms with Gasteiger partial charge in [0.2, 0.25) is 11.7 Å². The number of hydrogen-bond donors (Lipinski definition) is 1. The van der Waals surface area contributed by atoms with Crippen LogP contribution in [0.15, 0.2) is 29.0 Å². The lowest BCUT2D eigenvalue weighted by atomic mass is 9.78. The highest BCUT2D eigenvalue weighted by molar-refractivity contribution is 5.75. The summed E-state index contributed by atoms with van der Waals surface area (Å²) in [6.07, 6.45) is 7.91. The Kier molecular flexibility index (Phi) is 5.77. The molecule has 0 aliphatic carbocycles. The van der Waals surface area contributed by atoms with E-state index >= 15 is 0 Å². The lowest BCUT2D eigenvalue weighted by Gasteiger charge is -2.46. The average molecular weight is 414 g/mol. The van der Waals surface area contributed by atoms with E-state index in [0.717, 1.165) is 57.4 Å². The summed E-state index contributed by atoms with van der Waals surface area (Å²) in [5.41, 5.74) is 0.488. The van der Waals surface area contributed by atoms with E-state index < -0.39 is 0 Å². The number of piperidine rings is 1. The maximum Gasteiger partial charge on any atom is 0.317 e. The number of aromatic nitrogens is 3. The van der Waals surface area contributed by atoms with Crippen LogP contribution in [-0.2, 0) is 11.2 Å². The third-order valence-electron chi connectivity index (χ3n) is 5.89. The lowest BCUT2D eigenvalue weighted by Crippen LogP contribution is -2.55.